The molecule has 0 spiro atoms. The third kappa shape index (κ3) is 4.40. The molecule has 2 N–H and O–H groups in total. The molecule has 3 nitrogen and oxygen atoms in total. The minimum Gasteiger partial charge on any atom is -0.382 e. The van der Waals surface area contributed by atoms with Gasteiger partial charge in [-0.1, -0.05) is 12.8 Å². The van der Waals surface area contributed by atoms with Crippen LogP contribution in [0.5, 0.6) is 0 Å². The fourth-order valence-corrected chi connectivity index (χ4v) is 2.08. The summed E-state index contributed by atoms with van der Waals surface area (Å²) < 4.78 is 10.3. The second-order valence-corrected chi connectivity index (χ2v) is 4.10. The van der Waals surface area contributed by atoms with Crippen molar-refractivity contribution in [1.82, 2.24) is 0 Å². The van der Waals surface area contributed by atoms with Crippen LogP contribution < -0.4 is 5.73 Å². The second kappa shape index (κ2) is 7.21. The summed E-state index contributed by atoms with van der Waals surface area (Å²) in [5, 5.41) is 0. The molecule has 0 heterocycles. The number of hydrogen-bond donors (Lipinski definition) is 1. The molecule has 0 bridgehead atoms. The largest absolute Gasteiger partial charge is 0.382 e. The summed E-state index contributed by atoms with van der Waals surface area (Å²) in [5.41, 5.74) is 6.08. The standard InChI is InChI=1S/C11H23NO2/c1-13-8-9-14-7-6-11(12)10-4-2-3-5-10/h10-11H,2-9,12H2,1H3. The molecule has 14 heavy (non-hydrogen) atoms. The minimum absolute atomic E-state index is 0.347. The van der Waals surface area contributed by atoms with Crippen molar-refractivity contribution in [3.05, 3.63) is 0 Å². The molecule has 0 saturated heterocycles. The van der Waals surface area contributed by atoms with Gasteiger partial charge in [-0.2, -0.15) is 0 Å². The molecule has 1 aliphatic carbocycles. The van der Waals surface area contributed by atoms with Gasteiger partial charge in [0.2, 0.25) is 0 Å². The van der Waals surface area contributed by atoms with Crippen LogP contribution in [0, 0.1) is 5.92 Å². The zero-order chi connectivity index (χ0) is 10.2. The molecule has 1 unspecified atom stereocenters. The van der Waals surface area contributed by atoms with E-state index < -0.39 is 0 Å². The van der Waals surface area contributed by atoms with E-state index in [-0.39, 0.29) is 0 Å². The number of nitrogens with two attached hydrogens (primary N) is 1. The molecular weight excluding hydrogens is 178 g/mol. The first-order valence-electron chi connectivity index (χ1n) is 5.67. The van der Waals surface area contributed by atoms with Crippen LogP contribution >= 0.6 is 0 Å². The van der Waals surface area contributed by atoms with Crippen LogP contribution in [-0.2, 0) is 9.47 Å². The molecule has 0 aromatic rings. The average molecular weight is 201 g/mol. The zero-order valence-electron chi connectivity index (χ0n) is 9.21. The van der Waals surface area contributed by atoms with E-state index in [2.05, 4.69) is 0 Å². The lowest BCUT2D eigenvalue weighted by molar-refractivity contribution is 0.0650. The Hall–Kier alpha value is -0.120. The van der Waals surface area contributed by atoms with Crippen molar-refractivity contribution in [2.24, 2.45) is 11.7 Å². The van der Waals surface area contributed by atoms with Crippen LogP contribution in [0.2, 0.25) is 0 Å². The molecule has 1 atom stereocenters. The summed E-state index contributed by atoms with van der Waals surface area (Å²) in [6.45, 7) is 2.15. The molecule has 1 fully saturated rings. The Labute approximate surface area is 86.9 Å². The molecule has 84 valence electrons. The van der Waals surface area contributed by atoms with Gasteiger partial charge in [-0.25, -0.2) is 0 Å². The van der Waals surface area contributed by atoms with E-state index in [4.69, 9.17) is 15.2 Å². The van der Waals surface area contributed by atoms with Gasteiger partial charge in [-0.3, -0.25) is 0 Å². The maximum absolute atomic E-state index is 6.08. The van der Waals surface area contributed by atoms with Gasteiger partial charge in [0.25, 0.3) is 0 Å². The molecule has 0 aromatic heterocycles. The Kier molecular flexibility index (Phi) is 6.15. The monoisotopic (exact) mass is 201 g/mol. The highest BCUT2D eigenvalue weighted by Gasteiger charge is 2.21. The first kappa shape index (κ1) is 12.0. The fourth-order valence-electron chi connectivity index (χ4n) is 2.08. The Morgan fingerprint density at radius 3 is 2.57 bits per heavy atom. The zero-order valence-corrected chi connectivity index (χ0v) is 9.21. The minimum atomic E-state index is 0.347. The number of ether oxygens (including phenoxy) is 2. The van der Waals surface area contributed by atoms with Gasteiger partial charge in [0, 0.05) is 19.8 Å². The van der Waals surface area contributed by atoms with Crippen LogP contribution in [0.1, 0.15) is 32.1 Å². The van der Waals surface area contributed by atoms with E-state index in [1.54, 1.807) is 7.11 Å². The van der Waals surface area contributed by atoms with E-state index in [9.17, 15) is 0 Å². The highest BCUT2D eigenvalue weighted by Crippen LogP contribution is 2.27. The average Bonchev–Trinajstić information content (AvgIpc) is 2.70. The first-order chi connectivity index (χ1) is 6.84. The molecule has 0 aromatic carbocycles. The third-order valence-electron chi connectivity index (χ3n) is 3.03. The summed E-state index contributed by atoms with van der Waals surface area (Å²) in [6.07, 6.45) is 6.36. The Bertz CT molecular complexity index is 135. The predicted octanol–water partition coefficient (Wildman–Crippen LogP) is 1.56. The lowest BCUT2D eigenvalue weighted by Gasteiger charge is -2.18. The summed E-state index contributed by atoms with van der Waals surface area (Å²) in [4.78, 5) is 0. The smallest absolute Gasteiger partial charge is 0.0700 e. The molecule has 3 heteroatoms. The van der Waals surface area contributed by atoms with Gasteiger partial charge in [-0.15, -0.1) is 0 Å². The molecular formula is C11H23NO2. The van der Waals surface area contributed by atoms with Crippen molar-refractivity contribution >= 4 is 0 Å². The number of methoxy groups -OCH3 is 1. The van der Waals surface area contributed by atoms with Crippen LogP contribution in [0.3, 0.4) is 0 Å². The highest BCUT2D eigenvalue weighted by atomic mass is 16.5. The predicted molar refractivity (Wildman–Crippen MR) is 57.2 cm³/mol. The summed E-state index contributed by atoms with van der Waals surface area (Å²) in [5.74, 6) is 0.751. The first-order valence-corrected chi connectivity index (χ1v) is 5.67. The Balaban J connectivity index is 1.94. The van der Waals surface area contributed by atoms with Gasteiger partial charge in [0.15, 0.2) is 0 Å². The Morgan fingerprint density at radius 2 is 1.93 bits per heavy atom. The van der Waals surface area contributed by atoms with Crippen molar-refractivity contribution in [2.45, 2.75) is 38.1 Å². The van der Waals surface area contributed by atoms with Crippen LogP contribution in [-0.4, -0.2) is 33.0 Å². The number of rotatable bonds is 7. The summed E-state index contributed by atoms with van der Waals surface area (Å²) in [6, 6.07) is 0.347. The van der Waals surface area contributed by atoms with Crippen LogP contribution in [0.4, 0.5) is 0 Å². The van der Waals surface area contributed by atoms with Crippen LogP contribution in [0.25, 0.3) is 0 Å². The molecule has 1 rings (SSSR count). The van der Waals surface area contributed by atoms with Crippen molar-refractivity contribution < 1.29 is 9.47 Å². The normalized spacial score (nSPS) is 20.1. The summed E-state index contributed by atoms with van der Waals surface area (Å²) in [7, 11) is 1.69. The second-order valence-electron chi connectivity index (χ2n) is 4.10. The topological polar surface area (TPSA) is 44.5 Å². The maximum Gasteiger partial charge on any atom is 0.0700 e. The van der Waals surface area contributed by atoms with Gasteiger partial charge in [-0.05, 0) is 25.2 Å². The quantitative estimate of drug-likeness (QED) is 0.636. The van der Waals surface area contributed by atoms with E-state index >= 15 is 0 Å². The molecule has 1 saturated carbocycles. The van der Waals surface area contributed by atoms with E-state index in [1.165, 1.54) is 25.7 Å². The van der Waals surface area contributed by atoms with E-state index in [0.717, 1.165) is 18.9 Å². The number of hydrogen-bond acceptors (Lipinski definition) is 3. The van der Waals surface area contributed by atoms with E-state index in [0.29, 0.717) is 19.3 Å². The van der Waals surface area contributed by atoms with E-state index in [1.807, 2.05) is 0 Å². The van der Waals surface area contributed by atoms with Gasteiger partial charge in [0.1, 0.15) is 0 Å². The van der Waals surface area contributed by atoms with Gasteiger partial charge in [0.05, 0.1) is 13.2 Å². The van der Waals surface area contributed by atoms with Gasteiger partial charge < -0.3 is 15.2 Å². The maximum atomic E-state index is 6.08. The fraction of sp³-hybridized carbons (Fsp3) is 1.00. The molecule has 0 radical (unpaired) electrons. The van der Waals surface area contributed by atoms with Crippen molar-refractivity contribution in [1.29, 1.82) is 0 Å². The third-order valence-corrected chi connectivity index (χ3v) is 3.03. The lowest BCUT2D eigenvalue weighted by Crippen LogP contribution is -2.29. The van der Waals surface area contributed by atoms with Crippen molar-refractivity contribution in [2.75, 3.05) is 26.9 Å². The summed E-state index contributed by atoms with van der Waals surface area (Å²) >= 11 is 0. The van der Waals surface area contributed by atoms with Crippen molar-refractivity contribution in [3.63, 3.8) is 0 Å². The molecule has 1 aliphatic rings. The van der Waals surface area contributed by atoms with Crippen molar-refractivity contribution in [3.8, 4) is 0 Å². The SMILES string of the molecule is COCCOCCC(N)C1CCCC1. The highest BCUT2D eigenvalue weighted by molar-refractivity contribution is 4.77. The van der Waals surface area contributed by atoms with Gasteiger partial charge >= 0.3 is 0 Å². The lowest BCUT2D eigenvalue weighted by atomic mass is 9.97. The molecule has 0 aliphatic heterocycles. The Morgan fingerprint density at radius 1 is 1.21 bits per heavy atom. The van der Waals surface area contributed by atoms with Crippen LogP contribution in [0.15, 0.2) is 0 Å². The molecule has 0 amide bonds.